The van der Waals surface area contributed by atoms with Crippen molar-refractivity contribution in [1.29, 1.82) is 0 Å². The number of hydrogen-bond acceptors (Lipinski definition) is 4. The van der Waals surface area contributed by atoms with Crippen LogP contribution in [-0.2, 0) is 11.2 Å². The molecule has 1 atom stereocenters. The van der Waals surface area contributed by atoms with Crippen LogP contribution in [-0.4, -0.2) is 31.3 Å². The van der Waals surface area contributed by atoms with Gasteiger partial charge in [0.25, 0.3) is 0 Å². The topological polar surface area (TPSA) is 80.9 Å². The Balaban J connectivity index is 2.76. The van der Waals surface area contributed by atoms with Gasteiger partial charge in [-0.05, 0) is 23.8 Å². The molecule has 1 N–H and O–H groups in total. The van der Waals surface area contributed by atoms with Gasteiger partial charge in [0.05, 0.1) is 0 Å². The van der Waals surface area contributed by atoms with E-state index < -0.39 is 12.0 Å². The van der Waals surface area contributed by atoms with E-state index in [-0.39, 0.29) is 0 Å². The Hall–Kier alpha value is -1.46. The van der Waals surface area contributed by atoms with Crippen LogP contribution in [0.1, 0.15) is 38.6 Å². The molecule has 0 aromatic carbocycles. The van der Waals surface area contributed by atoms with Gasteiger partial charge < -0.3 is 5.11 Å². The molecule has 1 rings (SSSR count). The summed E-state index contributed by atoms with van der Waals surface area (Å²) in [6.45, 7) is 3.63. The minimum atomic E-state index is -0.921. The Morgan fingerprint density at radius 3 is 2.93 bits per heavy atom. The number of rotatable bonds is 5. The lowest BCUT2D eigenvalue weighted by atomic mass is 10.2. The first-order chi connectivity index (χ1) is 6.66. The maximum atomic E-state index is 10.7. The highest BCUT2D eigenvalue weighted by Crippen LogP contribution is 2.08. The van der Waals surface area contributed by atoms with Crippen LogP contribution in [0.2, 0.25) is 0 Å². The van der Waals surface area contributed by atoms with Crippen molar-refractivity contribution in [2.24, 2.45) is 0 Å². The van der Waals surface area contributed by atoms with Crippen molar-refractivity contribution in [1.82, 2.24) is 20.2 Å². The Morgan fingerprint density at radius 1 is 1.64 bits per heavy atom. The summed E-state index contributed by atoms with van der Waals surface area (Å²) in [6.07, 6.45) is 2.72. The number of tetrazole rings is 1. The highest BCUT2D eigenvalue weighted by molar-refractivity contribution is 5.71. The molecule has 0 radical (unpaired) electrons. The number of hydrogen-bond donors (Lipinski definition) is 1. The van der Waals surface area contributed by atoms with Crippen molar-refractivity contribution in [3.63, 3.8) is 0 Å². The molecule has 0 amide bonds. The fourth-order valence-corrected chi connectivity index (χ4v) is 1.12. The third kappa shape index (κ3) is 2.27. The van der Waals surface area contributed by atoms with Crippen LogP contribution in [0.15, 0.2) is 0 Å². The maximum absolute atomic E-state index is 10.7. The molecule has 0 aliphatic carbocycles. The van der Waals surface area contributed by atoms with Crippen LogP contribution in [0.25, 0.3) is 0 Å². The van der Waals surface area contributed by atoms with Gasteiger partial charge in [-0.2, -0.15) is 0 Å². The van der Waals surface area contributed by atoms with E-state index in [1.807, 2.05) is 0 Å². The zero-order valence-electron chi connectivity index (χ0n) is 8.34. The van der Waals surface area contributed by atoms with Crippen LogP contribution >= 0.6 is 0 Å². The summed E-state index contributed by atoms with van der Waals surface area (Å²) in [5.41, 5.74) is 0. The summed E-state index contributed by atoms with van der Waals surface area (Å²) < 4.78 is 1.36. The summed E-state index contributed by atoms with van der Waals surface area (Å²) in [5.74, 6) is -0.281. The second-order valence-electron chi connectivity index (χ2n) is 3.16. The Kier molecular flexibility index (Phi) is 3.55. The Labute approximate surface area is 81.9 Å². The van der Waals surface area contributed by atoms with Crippen LogP contribution in [0, 0.1) is 0 Å². The van der Waals surface area contributed by atoms with Crippen LogP contribution in [0.3, 0.4) is 0 Å². The maximum Gasteiger partial charge on any atom is 0.328 e. The first kappa shape index (κ1) is 10.6. The second-order valence-corrected chi connectivity index (χ2v) is 3.16. The first-order valence-electron chi connectivity index (χ1n) is 4.66. The number of aryl methyl sites for hydroxylation is 1. The lowest BCUT2D eigenvalue weighted by molar-refractivity contribution is -0.140. The van der Waals surface area contributed by atoms with E-state index in [1.165, 1.54) is 4.68 Å². The summed E-state index contributed by atoms with van der Waals surface area (Å²) >= 11 is 0. The molecule has 0 saturated heterocycles. The average molecular weight is 198 g/mol. The van der Waals surface area contributed by atoms with Crippen molar-refractivity contribution in [2.75, 3.05) is 0 Å². The molecule has 6 heteroatoms. The normalized spacial score (nSPS) is 12.7. The molecule has 0 spiro atoms. The minimum Gasteiger partial charge on any atom is -0.480 e. The van der Waals surface area contributed by atoms with Crippen LogP contribution < -0.4 is 0 Å². The number of unbranched alkanes of at least 4 members (excludes halogenated alkanes) is 1. The van der Waals surface area contributed by atoms with E-state index in [4.69, 9.17) is 5.11 Å². The third-order valence-corrected chi connectivity index (χ3v) is 2.04. The predicted molar refractivity (Wildman–Crippen MR) is 48.8 cm³/mol. The Morgan fingerprint density at radius 2 is 2.36 bits per heavy atom. The van der Waals surface area contributed by atoms with Gasteiger partial charge in [-0.1, -0.05) is 13.3 Å². The number of carbonyl (C=O) groups is 1. The van der Waals surface area contributed by atoms with Crippen molar-refractivity contribution >= 4 is 5.97 Å². The van der Waals surface area contributed by atoms with E-state index >= 15 is 0 Å². The summed E-state index contributed by atoms with van der Waals surface area (Å²) in [6, 6.07) is -0.697. The van der Waals surface area contributed by atoms with Crippen LogP contribution in [0.4, 0.5) is 0 Å². The zero-order valence-corrected chi connectivity index (χ0v) is 8.34. The summed E-state index contributed by atoms with van der Waals surface area (Å²) in [4.78, 5) is 10.7. The molecule has 0 aliphatic heterocycles. The average Bonchev–Trinajstić information content (AvgIpc) is 2.61. The molecule has 1 heterocycles. The molecule has 0 fully saturated rings. The highest BCUT2D eigenvalue weighted by Gasteiger charge is 2.18. The molecular weight excluding hydrogens is 184 g/mol. The lowest BCUT2D eigenvalue weighted by Gasteiger charge is -2.07. The van der Waals surface area contributed by atoms with Crippen molar-refractivity contribution in [3.05, 3.63) is 5.82 Å². The zero-order chi connectivity index (χ0) is 10.6. The lowest BCUT2D eigenvalue weighted by Crippen LogP contribution is -2.19. The number of aliphatic carboxylic acids is 1. The van der Waals surface area contributed by atoms with Gasteiger partial charge in [-0.25, -0.2) is 9.48 Å². The largest absolute Gasteiger partial charge is 0.480 e. The molecule has 6 nitrogen and oxygen atoms in total. The molecule has 0 bridgehead atoms. The SMILES string of the molecule is CCCCc1nnnn1C(C)C(=O)O. The van der Waals surface area contributed by atoms with Gasteiger partial charge in [0.1, 0.15) is 6.04 Å². The minimum absolute atomic E-state index is 0.641. The van der Waals surface area contributed by atoms with Gasteiger partial charge >= 0.3 is 5.97 Å². The standard InChI is InChI=1S/C8H14N4O2/c1-3-4-5-7-9-10-11-12(7)6(2)8(13)14/h6H,3-5H2,1-2H3,(H,13,14). The van der Waals surface area contributed by atoms with Gasteiger partial charge in [-0.3, -0.25) is 0 Å². The molecule has 0 saturated carbocycles. The number of nitrogens with zero attached hydrogens (tertiary/aromatic N) is 4. The van der Waals surface area contributed by atoms with E-state index in [0.29, 0.717) is 5.82 Å². The second kappa shape index (κ2) is 4.69. The molecule has 14 heavy (non-hydrogen) atoms. The molecular formula is C8H14N4O2. The van der Waals surface area contributed by atoms with Crippen LogP contribution in [0.5, 0.6) is 0 Å². The van der Waals surface area contributed by atoms with Gasteiger partial charge in [0.2, 0.25) is 0 Å². The van der Waals surface area contributed by atoms with Crippen molar-refractivity contribution < 1.29 is 9.90 Å². The van der Waals surface area contributed by atoms with Gasteiger partial charge in [-0.15, -0.1) is 5.10 Å². The predicted octanol–water partition coefficient (Wildman–Crippen LogP) is 0.661. The van der Waals surface area contributed by atoms with Gasteiger partial charge in [0, 0.05) is 6.42 Å². The third-order valence-electron chi connectivity index (χ3n) is 2.04. The van der Waals surface area contributed by atoms with E-state index in [0.717, 1.165) is 19.3 Å². The van der Waals surface area contributed by atoms with Gasteiger partial charge in [0.15, 0.2) is 5.82 Å². The van der Waals surface area contributed by atoms with Crippen molar-refractivity contribution in [3.8, 4) is 0 Å². The van der Waals surface area contributed by atoms with E-state index in [1.54, 1.807) is 6.92 Å². The monoisotopic (exact) mass is 198 g/mol. The molecule has 1 unspecified atom stereocenters. The quantitative estimate of drug-likeness (QED) is 0.751. The summed E-state index contributed by atoms with van der Waals surface area (Å²) in [7, 11) is 0. The number of carboxylic acid groups (broad SMARTS) is 1. The fourth-order valence-electron chi connectivity index (χ4n) is 1.12. The fraction of sp³-hybridized carbons (Fsp3) is 0.750. The number of aromatic nitrogens is 4. The van der Waals surface area contributed by atoms with E-state index in [2.05, 4.69) is 22.4 Å². The molecule has 0 aliphatic rings. The molecule has 1 aromatic rings. The van der Waals surface area contributed by atoms with Crippen molar-refractivity contribution in [2.45, 2.75) is 39.2 Å². The first-order valence-corrected chi connectivity index (χ1v) is 4.66. The van der Waals surface area contributed by atoms with E-state index in [9.17, 15) is 4.79 Å². The summed E-state index contributed by atoms with van der Waals surface area (Å²) in [5, 5.41) is 19.7. The number of carboxylic acids is 1. The molecule has 1 aromatic heterocycles. The smallest absolute Gasteiger partial charge is 0.328 e. The molecule has 78 valence electrons. The Bertz CT molecular complexity index is 310. The highest BCUT2D eigenvalue weighted by atomic mass is 16.4.